The summed E-state index contributed by atoms with van der Waals surface area (Å²) in [5.41, 5.74) is 5.37. The van der Waals surface area contributed by atoms with Crippen LogP contribution >= 0.6 is 11.9 Å². The van der Waals surface area contributed by atoms with E-state index in [4.69, 9.17) is 0 Å². The van der Waals surface area contributed by atoms with Crippen LogP contribution in [0.4, 0.5) is 0 Å². The monoisotopic (exact) mass is 464 g/mol. The highest BCUT2D eigenvalue weighted by molar-refractivity contribution is 7.98. The second-order valence-corrected chi connectivity index (χ2v) is 12.4. The molecule has 2 heterocycles. The van der Waals surface area contributed by atoms with Gasteiger partial charge < -0.3 is 5.11 Å². The molecule has 176 valence electrons. The maximum atomic E-state index is 11.2. The van der Waals surface area contributed by atoms with Gasteiger partial charge in [-0.05, 0) is 59.9 Å². The van der Waals surface area contributed by atoms with Gasteiger partial charge in [0.25, 0.3) is 0 Å². The van der Waals surface area contributed by atoms with Crippen LogP contribution in [0.2, 0.25) is 0 Å². The summed E-state index contributed by atoms with van der Waals surface area (Å²) in [6.07, 6.45) is 9.90. The minimum Gasteiger partial charge on any atom is -0.507 e. The molecule has 1 aliphatic rings. The predicted molar refractivity (Wildman–Crippen MR) is 138 cm³/mol. The van der Waals surface area contributed by atoms with Crippen molar-refractivity contribution < 1.29 is 5.11 Å². The molecule has 1 aromatic carbocycles. The molecule has 0 spiro atoms. The predicted octanol–water partition coefficient (Wildman–Crippen LogP) is 7.14. The third kappa shape index (κ3) is 5.11. The number of pyridine rings is 1. The molecule has 4 rings (SSSR count). The van der Waals surface area contributed by atoms with Crippen molar-refractivity contribution >= 4 is 11.9 Å². The van der Waals surface area contributed by atoms with Crippen LogP contribution in [0.15, 0.2) is 36.7 Å². The van der Waals surface area contributed by atoms with E-state index in [0.29, 0.717) is 11.0 Å². The van der Waals surface area contributed by atoms with Gasteiger partial charge in [-0.15, -0.1) is 5.10 Å². The van der Waals surface area contributed by atoms with Crippen LogP contribution in [-0.4, -0.2) is 29.7 Å². The number of hydrogen-bond acceptors (Lipinski definition) is 5. The first kappa shape index (κ1) is 23.8. The number of aromatic hydroxyl groups is 1. The lowest BCUT2D eigenvalue weighted by molar-refractivity contribution is 0.423. The summed E-state index contributed by atoms with van der Waals surface area (Å²) in [7, 11) is 0. The van der Waals surface area contributed by atoms with Crippen molar-refractivity contribution in [1.82, 2.24) is 19.4 Å². The Morgan fingerprint density at radius 1 is 0.879 bits per heavy atom. The summed E-state index contributed by atoms with van der Waals surface area (Å²) in [6.45, 7) is 12.9. The Morgan fingerprint density at radius 2 is 1.45 bits per heavy atom. The fourth-order valence-electron chi connectivity index (χ4n) is 4.52. The van der Waals surface area contributed by atoms with E-state index in [1.807, 2.05) is 16.2 Å². The first-order chi connectivity index (χ1) is 15.6. The summed E-state index contributed by atoms with van der Waals surface area (Å²) in [4.78, 5) is 4.18. The Balaban J connectivity index is 1.93. The van der Waals surface area contributed by atoms with E-state index in [2.05, 4.69) is 69.0 Å². The highest BCUT2D eigenvalue weighted by Crippen LogP contribution is 2.44. The van der Waals surface area contributed by atoms with Crippen LogP contribution in [0, 0.1) is 0 Å². The molecule has 1 saturated carbocycles. The molecule has 2 aromatic heterocycles. The third-order valence-corrected chi connectivity index (χ3v) is 7.62. The molecule has 0 aliphatic heterocycles. The quantitative estimate of drug-likeness (QED) is 0.445. The van der Waals surface area contributed by atoms with Gasteiger partial charge in [0, 0.05) is 39.9 Å². The van der Waals surface area contributed by atoms with E-state index < -0.39 is 0 Å². The first-order valence-electron chi connectivity index (χ1n) is 12.0. The van der Waals surface area contributed by atoms with Crippen molar-refractivity contribution in [2.24, 2.45) is 0 Å². The normalized spacial score (nSPS) is 15.7. The van der Waals surface area contributed by atoms with E-state index in [1.54, 1.807) is 24.3 Å². The number of nitrogens with zero attached hydrogens (tertiary/aromatic N) is 4. The minimum absolute atomic E-state index is 0.203. The van der Waals surface area contributed by atoms with Gasteiger partial charge in [-0.3, -0.25) is 4.98 Å². The van der Waals surface area contributed by atoms with Gasteiger partial charge in [0.1, 0.15) is 17.1 Å². The molecule has 0 radical (unpaired) electrons. The average Bonchev–Trinajstić information content (AvgIpc) is 3.17. The number of phenolic OH excluding ortho intramolecular Hbond substituents is 1. The maximum Gasteiger partial charge on any atom is 0.123 e. The van der Waals surface area contributed by atoms with Gasteiger partial charge in [-0.1, -0.05) is 66.0 Å². The van der Waals surface area contributed by atoms with Crippen LogP contribution in [0.3, 0.4) is 0 Å². The largest absolute Gasteiger partial charge is 0.507 e. The van der Waals surface area contributed by atoms with Crippen LogP contribution in [0.1, 0.15) is 84.8 Å². The number of rotatable bonds is 4. The summed E-state index contributed by atoms with van der Waals surface area (Å²) in [6, 6.07) is 8.23. The SMILES string of the molecule is CC(C)(C)c1cc(-c2c(-c3ccncc3)nnn2SC2CCCCC2)cc(C(C)(C)C)c1O. The van der Waals surface area contributed by atoms with Gasteiger partial charge in [0.15, 0.2) is 0 Å². The van der Waals surface area contributed by atoms with Crippen LogP contribution in [-0.2, 0) is 10.8 Å². The smallest absolute Gasteiger partial charge is 0.123 e. The van der Waals surface area contributed by atoms with Crippen molar-refractivity contribution in [1.29, 1.82) is 0 Å². The van der Waals surface area contributed by atoms with Crippen molar-refractivity contribution in [3.63, 3.8) is 0 Å². The summed E-state index contributed by atoms with van der Waals surface area (Å²) < 4.78 is 2.02. The molecule has 1 fully saturated rings. The highest BCUT2D eigenvalue weighted by Gasteiger charge is 2.29. The molecule has 33 heavy (non-hydrogen) atoms. The molecule has 6 heteroatoms. The van der Waals surface area contributed by atoms with E-state index in [1.165, 1.54) is 32.1 Å². The van der Waals surface area contributed by atoms with Gasteiger partial charge in [-0.25, -0.2) is 0 Å². The van der Waals surface area contributed by atoms with Crippen molar-refractivity contribution in [2.75, 3.05) is 0 Å². The Morgan fingerprint density at radius 3 is 2.00 bits per heavy atom. The van der Waals surface area contributed by atoms with Crippen LogP contribution in [0.5, 0.6) is 5.75 Å². The standard InChI is InChI=1S/C27H36N4OS/c1-26(2,3)21-16-19(17-22(25(21)32)27(4,5)6)24-23(18-12-14-28-15-13-18)29-30-31(24)33-20-10-8-7-9-11-20/h12-17,20,32H,7-11H2,1-6H3. The topological polar surface area (TPSA) is 63.8 Å². The zero-order valence-corrected chi connectivity index (χ0v) is 21.5. The van der Waals surface area contributed by atoms with Gasteiger partial charge in [0.05, 0.1) is 0 Å². The molecule has 3 aromatic rings. The van der Waals surface area contributed by atoms with Crippen LogP contribution < -0.4 is 0 Å². The van der Waals surface area contributed by atoms with Crippen molar-refractivity contribution in [2.45, 2.75) is 89.7 Å². The fourth-order valence-corrected chi connectivity index (χ4v) is 5.72. The Kier molecular flexibility index (Phi) is 6.59. The lowest BCUT2D eigenvalue weighted by atomic mass is 9.78. The Hall–Kier alpha value is -2.34. The van der Waals surface area contributed by atoms with Gasteiger partial charge in [0.2, 0.25) is 0 Å². The number of benzene rings is 1. The van der Waals surface area contributed by atoms with Crippen molar-refractivity contribution in [3.05, 3.63) is 47.8 Å². The summed E-state index contributed by atoms with van der Waals surface area (Å²) in [5, 5.41) is 21.0. The second kappa shape index (κ2) is 9.13. The Bertz CT molecular complexity index is 1070. The fraction of sp³-hybridized carbons (Fsp3) is 0.519. The van der Waals surface area contributed by atoms with Crippen molar-refractivity contribution in [3.8, 4) is 28.3 Å². The molecule has 1 aliphatic carbocycles. The minimum atomic E-state index is -0.203. The summed E-state index contributed by atoms with van der Waals surface area (Å²) >= 11 is 1.80. The molecule has 0 amide bonds. The third-order valence-electron chi connectivity index (χ3n) is 6.40. The Labute approximate surface area is 202 Å². The lowest BCUT2D eigenvalue weighted by Crippen LogP contribution is -2.18. The zero-order valence-electron chi connectivity index (χ0n) is 20.7. The van der Waals surface area contributed by atoms with E-state index in [9.17, 15) is 5.11 Å². The molecule has 0 saturated heterocycles. The zero-order chi connectivity index (χ0) is 23.8. The number of phenols is 1. The second-order valence-electron chi connectivity index (χ2n) is 11.2. The lowest BCUT2D eigenvalue weighted by Gasteiger charge is -2.28. The van der Waals surface area contributed by atoms with Gasteiger partial charge in [-0.2, -0.15) is 4.09 Å². The first-order valence-corrected chi connectivity index (χ1v) is 12.8. The van der Waals surface area contributed by atoms with E-state index in [0.717, 1.165) is 33.6 Å². The number of hydrogen-bond donors (Lipinski definition) is 1. The van der Waals surface area contributed by atoms with E-state index in [-0.39, 0.29) is 10.8 Å². The maximum absolute atomic E-state index is 11.2. The molecule has 0 atom stereocenters. The highest BCUT2D eigenvalue weighted by atomic mass is 32.2. The average molecular weight is 465 g/mol. The summed E-state index contributed by atoms with van der Waals surface area (Å²) in [5.74, 6) is 0.392. The molecule has 0 bridgehead atoms. The molecule has 5 nitrogen and oxygen atoms in total. The molecular formula is C27H36N4OS. The molecule has 1 N–H and O–H groups in total. The van der Waals surface area contributed by atoms with E-state index >= 15 is 0 Å². The van der Waals surface area contributed by atoms with Gasteiger partial charge >= 0.3 is 0 Å². The molecular weight excluding hydrogens is 428 g/mol. The molecule has 0 unspecified atom stereocenters. The van der Waals surface area contributed by atoms with Crippen LogP contribution in [0.25, 0.3) is 22.5 Å². The number of aromatic nitrogens is 4.